The molecule has 0 aromatic heterocycles. The standard InChI is InChI=1S/C17H26N2/c1-3-11-18-13-15-7-5-6-8-16(15)14-19(12-4-2)17-9-10-17/h4-8,17-18H,2-3,9-14H2,1H3. The Kier molecular flexibility index (Phi) is 5.62. The summed E-state index contributed by atoms with van der Waals surface area (Å²) in [6.07, 6.45) is 5.91. The number of nitrogens with one attached hydrogen (secondary N) is 1. The highest BCUT2D eigenvalue weighted by atomic mass is 15.2. The van der Waals surface area contributed by atoms with Crippen LogP contribution in [0.3, 0.4) is 0 Å². The first-order chi connectivity index (χ1) is 9.35. The topological polar surface area (TPSA) is 15.3 Å². The van der Waals surface area contributed by atoms with Crippen LogP contribution < -0.4 is 5.32 Å². The van der Waals surface area contributed by atoms with Crippen LogP contribution in [0.15, 0.2) is 36.9 Å². The first-order valence-corrected chi connectivity index (χ1v) is 7.47. The SMILES string of the molecule is C=CCN(Cc1ccccc1CNCCC)C1CC1. The van der Waals surface area contributed by atoms with E-state index in [0.29, 0.717) is 0 Å². The quantitative estimate of drug-likeness (QED) is 0.540. The number of hydrogen-bond acceptors (Lipinski definition) is 2. The lowest BCUT2D eigenvalue weighted by Gasteiger charge is -2.22. The van der Waals surface area contributed by atoms with Crippen molar-refractivity contribution in [2.24, 2.45) is 0 Å². The van der Waals surface area contributed by atoms with Gasteiger partial charge in [0.15, 0.2) is 0 Å². The summed E-state index contributed by atoms with van der Waals surface area (Å²) < 4.78 is 0. The number of nitrogens with zero attached hydrogens (tertiary/aromatic N) is 1. The zero-order chi connectivity index (χ0) is 13.5. The average molecular weight is 258 g/mol. The van der Waals surface area contributed by atoms with E-state index in [1.54, 1.807) is 0 Å². The Balaban J connectivity index is 1.99. The second-order valence-corrected chi connectivity index (χ2v) is 5.39. The second kappa shape index (κ2) is 7.46. The molecule has 1 N–H and O–H groups in total. The maximum atomic E-state index is 3.88. The molecule has 2 rings (SSSR count). The molecule has 0 saturated heterocycles. The summed E-state index contributed by atoms with van der Waals surface area (Å²) in [5, 5.41) is 3.50. The van der Waals surface area contributed by atoms with E-state index in [4.69, 9.17) is 0 Å². The van der Waals surface area contributed by atoms with Crippen LogP contribution in [0.4, 0.5) is 0 Å². The van der Waals surface area contributed by atoms with E-state index < -0.39 is 0 Å². The largest absolute Gasteiger partial charge is 0.313 e. The summed E-state index contributed by atoms with van der Waals surface area (Å²) in [7, 11) is 0. The van der Waals surface area contributed by atoms with Crippen molar-refractivity contribution in [1.82, 2.24) is 10.2 Å². The maximum absolute atomic E-state index is 3.88. The van der Waals surface area contributed by atoms with Crippen molar-refractivity contribution in [2.45, 2.75) is 45.3 Å². The summed E-state index contributed by atoms with van der Waals surface area (Å²) in [5.41, 5.74) is 2.89. The van der Waals surface area contributed by atoms with Crippen LogP contribution in [-0.2, 0) is 13.1 Å². The van der Waals surface area contributed by atoms with Gasteiger partial charge in [0, 0.05) is 25.7 Å². The van der Waals surface area contributed by atoms with Crippen LogP contribution in [-0.4, -0.2) is 24.0 Å². The molecule has 1 aromatic carbocycles. The van der Waals surface area contributed by atoms with Gasteiger partial charge in [0.1, 0.15) is 0 Å². The molecule has 0 bridgehead atoms. The van der Waals surface area contributed by atoms with Gasteiger partial charge < -0.3 is 5.32 Å². The molecular formula is C17H26N2. The molecular weight excluding hydrogens is 232 g/mol. The Bertz CT molecular complexity index is 396. The van der Waals surface area contributed by atoms with Crippen molar-refractivity contribution in [1.29, 1.82) is 0 Å². The second-order valence-electron chi connectivity index (χ2n) is 5.39. The summed E-state index contributed by atoms with van der Waals surface area (Å²) in [6.45, 7) is 10.2. The van der Waals surface area contributed by atoms with Gasteiger partial charge in [-0.05, 0) is 36.9 Å². The van der Waals surface area contributed by atoms with Gasteiger partial charge in [-0.25, -0.2) is 0 Å². The van der Waals surface area contributed by atoms with Crippen molar-refractivity contribution in [3.63, 3.8) is 0 Å². The molecule has 0 spiro atoms. The molecule has 1 aromatic rings. The van der Waals surface area contributed by atoms with E-state index in [-0.39, 0.29) is 0 Å². The van der Waals surface area contributed by atoms with Crippen molar-refractivity contribution in [2.75, 3.05) is 13.1 Å². The summed E-state index contributed by atoms with van der Waals surface area (Å²) in [5.74, 6) is 0. The van der Waals surface area contributed by atoms with Crippen molar-refractivity contribution in [3.05, 3.63) is 48.0 Å². The van der Waals surface area contributed by atoms with Gasteiger partial charge in [-0.15, -0.1) is 6.58 Å². The summed E-state index contributed by atoms with van der Waals surface area (Å²) in [6, 6.07) is 9.59. The molecule has 1 saturated carbocycles. The molecule has 1 fully saturated rings. The van der Waals surface area contributed by atoms with Gasteiger partial charge >= 0.3 is 0 Å². The van der Waals surface area contributed by atoms with Gasteiger partial charge in [0.05, 0.1) is 0 Å². The Morgan fingerprint density at radius 1 is 1.32 bits per heavy atom. The van der Waals surface area contributed by atoms with Crippen molar-refractivity contribution in [3.8, 4) is 0 Å². The lowest BCUT2D eigenvalue weighted by molar-refractivity contribution is 0.283. The highest BCUT2D eigenvalue weighted by molar-refractivity contribution is 5.27. The van der Waals surface area contributed by atoms with E-state index in [1.807, 2.05) is 6.08 Å². The lowest BCUT2D eigenvalue weighted by Crippen LogP contribution is -2.26. The molecule has 1 aliphatic rings. The fourth-order valence-corrected chi connectivity index (χ4v) is 2.45. The van der Waals surface area contributed by atoms with Gasteiger partial charge in [-0.1, -0.05) is 37.3 Å². The average Bonchev–Trinajstić information content (AvgIpc) is 3.25. The van der Waals surface area contributed by atoms with E-state index >= 15 is 0 Å². The number of rotatable bonds is 9. The highest BCUT2D eigenvalue weighted by Gasteiger charge is 2.28. The van der Waals surface area contributed by atoms with E-state index in [2.05, 4.69) is 48.0 Å². The molecule has 0 unspecified atom stereocenters. The Hall–Kier alpha value is -1.12. The zero-order valence-electron chi connectivity index (χ0n) is 12.1. The first kappa shape index (κ1) is 14.3. The number of hydrogen-bond donors (Lipinski definition) is 1. The van der Waals surface area contributed by atoms with E-state index in [0.717, 1.165) is 32.2 Å². The number of benzene rings is 1. The zero-order valence-corrected chi connectivity index (χ0v) is 12.1. The van der Waals surface area contributed by atoms with E-state index in [1.165, 1.54) is 30.4 Å². The minimum Gasteiger partial charge on any atom is -0.313 e. The Morgan fingerprint density at radius 2 is 2.05 bits per heavy atom. The third kappa shape index (κ3) is 4.48. The molecule has 0 atom stereocenters. The van der Waals surface area contributed by atoms with Crippen LogP contribution in [0, 0.1) is 0 Å². The third-order valence-electron chi connectivity index (χ3n) is 3.66. The van der Waals surface area contributed by atoms with Crippen molar-refractivity contribution >= 4 is 0 Å². The normalized spacial score (nSPS) is 14.8. The monoisotopic (exact) mass is 258 g/mol. The Labute approximate surface area is 117 Å². The maximum Gasteiger partial charge on any atom is 0.0243 e. The highest BCUT2D eigenvalue weighted by Crippen LogP contribution is 2.28. The molecule has 2 nitrogen and oxygen atoms in total. The molecule has 0 amide bonds. The molecule has 0 radical (unpaired) electrons. The third-order valence-corrected chi connectivity index (χ3v) is 3.66. The summed E-state index contributed by atoms with van der Waals surface area (Å²) in [4.78, 5) is 2.55. The smallest absolute Gasteiger partial charge is 0.0243 e. The first-order valence-electron chi connectivity index (χ1n) is 7.47. The fraction of sp³-hybridized carbons (Fsp3) is 0.529. The Morgan fingerprint density at radius 3 is 2.68 bits per heavy atom. The van der Waals surface area contributed by atoms with Crippen LogP contribution in [0.25, 0.3) is 0 Å². The predicted molar refractivity (Wildman–Crippen MR) is 82.1 cm³/mol. The molecule has 0 heterocycles. The molecule has 2 heteroatoms. The molecule has 0 aliphatic heterocycles. The molecule has 104 valence electrons. The van der Waals surface area contributed by atoms with Crippen LogP contribution in [0.5, 0.6) is 0 Å². The fourth-order valence-electron chi connectivity index (χ4n) is 2.45. The van der Waals surface area contributed by atoms with Gasteiger partial charge in [0.2, 0.25) is 0 Å². The molecule has 1 aliphatic carbocycles. The molecule has 19 heavy (non-hydrogen) atoms. The van der Waals surface area contributed by atoms with E-state index in [9.17, 15) is 0 Å². The van der Waals surface area contributed by atoms with Gasteiger partial charge in [0.25, 0.3) is 0 Å². The van der Waals surface area contributed by atoms with Crippen LogP contribution in [0.1, 0.15) is 37.3 Å². The lowest BCUT2D eigenvalue weighted by atomic mass is 10.1. The van der Waals surface area contributed by atoms with Gasteiger partial charge in [-0.2, -0.15) is 0 Å². The minimum absolute atomic E-state index is 0.787. The minimum atomic E-state index is 0.787. The predicted octanol–water partition coefficient (Wildman–Crippen LogP) is 3.34. The van der Waals surface area contributed by atoms with Crippen molar-refractivity contribution < 1.29 is 0 Å². The van der Waals surface area contributed by atoms with Gasteiger partial charge in [-0.3, -0.25) is 4.90 Å². The summed E-state index contributed by atoms with van der Waals surface area (Å²) >= 11 is 0. The van der Waals surface area contributed by atoms with Crippen LogP contribution >= 0.6 is 0 Å². The van der Waals surface area contributed by atoms with Crippen LogP contribution in [0.2, 0.25) is 0 Å².